The molecule has 1 aliphatic rings. The molecule has 1 fully saturated rings. The monoisotopic (exact) mass is 466 g/mol. The van der Waals surface area contributed by atoms with Crippen LogP contribution in [0, 0.1) is 0 Å². The van der Waals surface area contributed by atoms with Crippen LogP contribution < -0.4 is 19.5 Å². The third-order valence-corrected chi connectivity index (χ3v) is 6.85. The standard InChI is InChI=1S/C25H26N2O5S/c1-31-23-15-14-19(17-24(23)32-21-10-5-6-11-21)26-25(28)18-8-7-9-20(16-18)27-33(29,30)22-12-3-2-4-13-22/h2-4,7-9,12-17,21,27H,5-6,10-11H2,1H3,(H,26,28). The van der Waals surface area contributed by atoms with E-state index in [1.54, 1.807) is 61.7 Å². The first-order chi connectivity index (χ1) is 15.9. The van der Waals surface area contributed by atoms with Gasteiger partial charge in [-0.15, -0.1) is 0 Å². The first-order valence-electron chi connectivity index (χ1n) is 10.8. The van der Waals surface area contributed by atoms with E-state index >= 15 is 0 Å². The van der Waals surface area contributed by atoms with Crippen LogP contribution in [0.2, 0.25) is 0 Å². The molecule has 0 radical (unpaired) electrons. The smallest absolute Gasteiger partial charge is 0.261 e. The highest BCUT2D eigenvalue weighted by atomic mass is 32.2. The lowest BCUT2D eigenvalue weighted by Gasteiger charge is -2.17. The van der Waals surface area contributed by atoms with E-state index in [-0.39, 0.29) is 16.9 Å². The molecule has 1 amide bonds. The number of carbonyl (C=O) groups excluding carboxylic acids is 1. The zero-order valence-electron chi connectivity index (χ0n) is 18.3. The molecule has 8 heteroatoms. The van der Waals surface area contributed by atoms with Gasteiger partial charge in [0.25, 0.3) is 15.9 Å². The average molecular weight is 467 g/mol. The molecule has 0 unspecified atom stereocenters. The number of amides is 1. The van der Waals surface area contributed by atoms with Gasteiger partial charge in [-0.1, -0.05) is 24.3 Å². The van der Waals surface area contributed by atoms with Gasteiger partial charge < -0.3 is 14.8 Å². The van der Waals surface area contributed by atoms with E-state index in [1.165, 1.54) is 18.2 Å². The maximum atomic E-state index is 12.9. The fraction of sp³-hybridized carbons (Fsp3) is 0.240. The lowest BCUT2D eigenvalue weighted by molar-refractivity contribution is 0.102. The van der Waals surface area contributed by atoms with Crippen molar-refractivity contribution in [1.29, 1.82) is 0 Å². The van der Waals surface area contributed by atoms with Gasteiger partial charge in [0.1, 0.15) is 0 Å². The number of benzene rings is 3. The van der Waals surface area contributed by atoms with Crippen molar-refractivity contribution < 1.29 is 22.7 Å². The van der Waals surface area contributed by atoms with Crippen molar-refractivity contribution >= 4 is 27.3 Å². The third kappa shape index (κ3) is 5.64. The zero-order valence-corrected chi connectivity index (χ0v) is 19.1. The topological polar surface area (TPSA) is 93.7 Å². The molecule has 1 aliphatic carbocycles. The van der Waals surface area contributed by atoms with Crippen molar-refractivity contribution in [2.24, 2.45) is 0 Å². The summed E-state index contributed by atoms with van der Waals surface area (Å²) < 4.78 is 39.2. The van der Waals surface area contributed by atoms with Crippen molar-refractivity contribution in [2.45, 2.75) is 36.7 Å². The van der Waals surface area contributed by atoms with Crippen molar-refractivity contribution in [3.05, 3.63) is 78.4 Å². The normalized spacial score (nSPS) is 14.0. The average Bonchev–Trinajstić information content (AvgIpc) is 3.33. The molecule has 2 N–H and O–H groups in total. The Kier molecular flexibility index (Phi) is 6.84. The van der Waals surface area contributed by atoms with E-state index in [1.807, 2.05) is 0 Å². The van der Waals surface area contributed by atoms with Gasteiger partial charge >= 0.3 is 0 Å². The summed E-state index contributed by atoms with van der Waals surface area (Å²) in [6.45, 7) is 0. The van der Waals surface area contributed by atoms with Crippen molar-refractivity contribution in [3.8, 4) is 11.5 Å². The molecule has 0 heterocycles. The van der Waals surface area contributed by atoms with Crippen LogP contribution in [-0.2, 0) is 10.0 Å². The number of carbonyl (C=O) groups is 1. The lowest BCUT2D eigenvalue weighted by Crippen LogP contribution is -2.15. The number of methoxy groups -OCH3 is 1. The largest absolute Gasteiger partial charge is 0.493 e. The van der Waals surface area contributed by atoms with Crippen LogP contribution in [0.3, 0.4) is 0 Å². The maximum Gasteiger partial charge on any atom is 0.261 e. The summed E-state index contributed by atoms with van der Waals surface area (Å²) in [5.41, 5.74) is 1.17. The van der Waals surface area contributed by atoms with Gasteiger partial charge in [-0.25, -0.2) is 8.42 Å². The minimum Gasteiger partial charge on any atom is -0.493 e. The molecule has 0 bridgehead atoms. The van der Waals surface area contributed by atoms with Gasteiger partial charge in [-0.3, -0.25) is 9.52 Å². The third-order valence-electron chi connectivity index (χ3n) is 5.45. The summed E-state index contributed by atoms with van der Waals surface area (Å²) in [6, 6.07) is 19.6. The molecule has 0 saturated heterocycles. The Bertz CT molecular complexity index is 1220. The van der Waals surface area contributed by atoms with Crippen molar-refractivity contribution in [2.75, 3.05) is 17.1 Å². The molecule has 0 aliphatic heterocycles. The number of sulfonamides is 1. The molecule has 4 rings (SSSR count). The highest BCUT2D eigenvalue weighted by Crippen LogP contribution is 2.34. The second kappa shape index (κ2) is 9.95. The quantitative estimate of drug-likeness (QED) is 0.483. The first kappa shape index (κ1) is 22.7. The van der Waals surface area contributed by atoms with Crippen LogP contribution in [0.15, 0.2) is 77.7 Å². The molecule has 7 nitrogen and oxygen atoms in total. The summed E-state index contributed by atoms with van der Waals surface area (Å²) in [6.07, 6.45) is 4.46. The second-order valence-electron chi connectivity index (χ2n) is 7.84. The predicted molar refractivity (Wildman–Crippen MR) is 128 cm³/mol. The van der Waals surface area contributed by atoms with Crippen molar-refractivity contribution in [1.82, 2.24) is 0 Å². The molecule has 0 spiro atoms. The number of ether oxygens (including phenoxy) is 2. The molecular weight excluding hydrogens is 440 g/mol. The Hall–Kier alpha value is -3.52. The minimum atomic E-state index is -3.75. The molecule has 33 heavy (non-hydrogen) atoms. The van der Waals surface area contributed by atoms with Gasteiger partial charge in [0.2, 0.25) is 0 Å². The number of anilines is 2. The van der Waals surface area contributed by atoms with E-state index in [0.29, 0.717) is 28.4 Å². The first-order valence-corrected chi connectivity index (χ1v) is 12.3. The van der Waals surface area contributed by atoms with Gasteiger partial charge in [0.15, 0.2) is 11.5 Å². The fourth-order valence-electron chi connectivity index (χ4n) is 3.77. The van der Waals surface area contributed by atoms with Crippen LogP contribution in [-0.4, -0.2) is 27.5 Å². The van der Waals surface area contributed by atoms with Crippen LogP contribution in [0.1, 0.15) is 36.0 Å². The molecule has 3 aromatic rings. The molecule has 0 atom stereocenters. The van der Waals surface area contributed by atoms with Gasteiger partial charge in [0.05, 0.1) is 18.1 Å². The highest BCUT2D eigenvalue weighted by molar-refractivity contribution is 7.92. The minimum absolute atomic E-state index is 0.146. The van der Waals surface area contributed by atoms with Crippen LogP contribution >= 0.6 is 0 Å². The van der Waals surface area contributed by atoms with E-state index in [2.05, 4.69) is 10.0 Å². The summed E-state index contributed by atoms with van der Waals surface area (Å²) in [4.78, 5) is 13.0. The molecule has 3 aromatic carbocycles. The van der Waals surface area contributed by atoms with Gasteiger partial charge in [-0.2, -0.15) is 0 Å². The Morgan fingerprint density at radius 3 is 2.36 bits per heavy atom. The van der Waals surface area contributed by atoms with E-state index < -0.39 is 10.0 Å². The fourth-order valence-corrected chi connectivity index (χ4v) is 4.84. The van der Waals surface area contributed by atoms with E-state index in [0.717, 1.165) is 25.7 Å². The van der Waals surface area contributed by atoms with Crippen LogP contribution in [0.4, 0.5) is 11.4 Å². The van der Waals surface area contributed by atoms with Crippen molar-refractivity contribution in [3.63, 3.8) is 0 Å². The van der Waals surface area contributed by atoms with Crippen LogP contribution in [0.5, 0.6) is 11.5 Å². The molecule has 1 saturated carbocycles. The predicted octanol–water partition coefficient (Wildman–Crippen LogP) is 5.07. The maximum absolute atomic E-state index is 12.9. The Morgan fingerprint density at radius 2 is 1.64 bits per heavy atom. The Morgan fingerprint density at radius 1 is 0.879 bits per heavy atom. The van der Waals surface area contributed by atoms with Gasteiger partial charge in [-0.05, 0) is 68.1 Å². The van der Waals surface area contributed by atoms with Crippen LogP contribution in [0.25, 0.3) is 0 Å². The SMILES string of the molecule is COc1ccc(NC(=O)c2cccc(NS(=O)(=O)c3ccccc3)c2)cc1OC1CCCC1. The molecule has 0 aromatic heterocycles. The van der Waals surface area contributed by atoms with E-state index in [9.17, 15) is 13.2 Å². The Labute approximate surface area is 193 Å². The Balaban J connectivity index is 1.49. The van der Waals surface area contributed by atoms with E-state index in [4.69, 9.17) is 9.47 Å². The summed E-state index contributed by atoms with van der Waals surface area (Å²) >= 11 is 0. The summed E-state index contributed by atoms with van der Waals surface area (Å²) in [7, 11) is -2.17. The molecule has 172 valence electrons. The second-order valence-corrected chi connectivity index (χ2v) is 9.53. The number of nitrogens with one attached hydrogen (secondary N) is 2. The zero-order chi connectivity index (χ0) is 23.3. The summed E-state index contributed by atoms with van der Waals surface area (Å²) in [5.74, 6) is 0.830. The lowest BCUT2D eigenvalue weighted by atomic mass is 10.2. The number of hydrogen-bond donors (Lipinski definition) is 2. The van der Waals surface area contributed by atoms with Gasteiger partial charge in [0, 0.05) is 23.0 Å². The highest BCUT2D eigenvalue weighted by Gasteiger charge is 2.19. The number of rotatable bonds is 8. The summed E-state index contributed by atoms with van der Waals surface area (Å²) in [5, 5.41) is 2.84. The number of hydrogen-bond acceptors (Lipinski definition) is 5. The molecular formula is C25H26N2O5S.